The lowest BCUT2D eigenvalue weighted by Crippen LogP contribution is -1.83. The van der Waals surface area contributed by atoms with Crippen molar-refractivity contribution >= 4 is 17.3 Å². The van der Waals surface area contributed by atoms with E-state index in [9.17, 15) is 0 Å². The molecule has 1 aromatic heterocycles. The minimum atomic E-state index is 0.137. The number of rotatable bonds is 1. The van der Waals surface area contributed by atoms with Crippen LogP contribution in [0.3, 0.4) is 0 Å². The normalized spacial score (nSPS) is 10.2. The number of hydrogen-bond donors (Lipinski definition) is 1. The van der Waals surface area contributed by atoms with Crippen molar-refractivity contribution < 1.29 is 4.42 Å². The molecule has 66 valence electrons. The Balaban J connectivity index is 2.46. The van der Waals surface area contributed by atoms with Gasteiger partial charge in [-0.1, -0.05) is 12.1 Å². The van der Waals surface area contributed by atoms with E-state index in [4.69, 9.17) is 21.8 Å². The fourth-order valence-corrected chi connectivity index (χ4v) is 1.21. The average molecular weight is 195 g/mol. The molecule has 0 aliphatic carbocycles. The first-order chi connectivity index (χ1) is 6.25. The number of halogens is 1. The van der Waals surface area contributed by atoms with Crippen LogP contribution in [-0.2, 0) is 0 Å². The van der Waals surface area contributed by atoms with Crippen molar-refractivity contribution in [3.05, 3.63) is 35.8 Å². The molecule has 0 fully saturated rings. The zero-order chi connectivity index (χ0) is 9.26. The predicted molar refractivity (Wildman–Crippen MR) is 51.4 cm³/mol. The third-order valence-corrected chi connectivity index (χ3v) is 1.82. The summed E-state index contributed by atoms with van der Waals surface area (Å²) >= 11 is 5.54. The second-order valence-corrected chi connectivity index (χ2v) is 2.93. The van der Waals surface area contributed by atoms with Gasteiger partial charge in [-0.2, -0.15) is 0 Å². The van der Waals surface area contributed by atoms with Crippen LogP contribution in [0.25, 0.3) is 11.3 Å². The van der Waals surface area contributed by atoms with Gasteiger partial charge in [0.1, 0.15) is 0 Å². The molecule has 1 heterocycles. The highest BCUT2D eigenvalue weighted by Gasteiger charge is 2.03. The van der Waals surface area contributed by atoms with Crippen LogP contribution in [0.15, 0.2) is 34.9 Å². The minimum absolute atomic E-state index is 0.137. The molecule has 0 aliphatic rings. The maximum atomic E-state index is 5.61. The molecule has 2 N–H and O–H groups in total. The summed E-state index contributed by atoms with van der Waals surface area (Å²) in [5, 5.41) is 0.137. The van der Waals surface area contributed by atoms with Gasteiger partial charge in [0.15, 0.2) is 5.76 Å². The molecule has 0 radical (unpaired) electrons. The molecule has 1 aromatic carbocycles. The number of oxazole rings is 1. The first-order valence-electron chi connectivity index (χ1n) is 3.73. The molecule has 2 rings (SSSR count). The van der Waals surface area contributed by atoms with Gasteiger partial charge < -0.3 is 10.2 Å². The lowest BCUT2D eigenvalue weighted by Gasteiger charge is -1.96. The molecule has 0 saturated heterocycles. The van der Waals surface area contributed by atoms with E-state index in [2.05, 4.69) is 4.98 Å². The van der Waals surface area contributed by atoms with E-state index >= 15 is 0 Å². The van der Waals surface area contributed by atoms with E-state index in [0.717, 1.165) is 5.56 Å². The molecular weight excluding hydrogens is 188 g/mol. The number of nitrogens with zero attached hydrogens (tertiary/aromatic N) is 1. The van der Waals surface area contributed by atoms with Gasteiger partial charge in [0.2, 0.25) is 0 Å². The van der Waals surface area contributed by atoms with Crippen LogP contribution in [0.1, 0.15) is 0 Å². The first kappa shape index (κ1) is 8.13. The van der Waals surface area contributed by atoms with Gasteiger partial charge in [-0.05, 0) is 23.7 Å². The Kier molecular flexibility index (Phi) is 1.94. The van der Waals surface area contributed by atoms with E-state index in [1.807, 2.05) is 18.2 Å². The summed E-state index contributed by atoms with van der Waals surface area (Å²) in [6, 6.07) is 7.34. The maximum Gasteiger partial charge on any atom is 0.292 e. The number of nitrogen functional groups attached to an aromatic ring is 1. The molecule has 0 aliphatic heterocycles. The monoisotopic (exact) mass is 194 g/mol. The van der Waals surface area contributed by atoms with Crippen molar-refractivity contribution in [2.75, 3.05) is 5.73 Å². The molecule has 0 bridgehead atoms. The molecule has 0 unspecified atom stereocenters. The van der Waals surface area contributed by atoms with Crippen molar-refractivity contribution in [1.82, 2.24) is 4.98 Å². The summed E-state index contributed by atoms with van der Waals surface area (Å²) in [7, 11) is 0. The summed E-state index contributed by atoms with van der Waals surface area (Å²) in [5.74, 6) is 0.623. The second-order valence-electron chi connectivity index (χ2n) is 2.60. The van der Waals surface area contributed by atoms with Crippen molar-refractivity contribution in [2.24, 2.45) is 0 Å². The quantitative estimate of drug-likeness (QED) is 0.710. The topological polar surface area (TPSA) is 52.0 Å². The van der Waals surface area contributed by atoms with Crippen molar-refractivity contribution in [2.45, 2.75) is 0 Å². The number of benzene rings is 1. The molecule has 0 spiro atoms. The Morgan fingerprint density at radius 3 is 2.85 bits per heavy atom. The molecule has 4 heteroatoms. The lowest BCUT2D eigenvalue weighted by atomic mass is 10.2. The summed E-state index contributed by atoms with van der Waals surface area (Å²) in [6.45, 7) is 0. The van der Waals surface area contributed by atoms with Gasteiger partial charge >= 0.3 is 0 Å². The number of anilines is 1. The Hall–Kier alpha value is -1.48. The Bertz CT molecular complexity index is 425. The van der Waals surface area contributed by atoms with E-state index in [-0.39, 0.29) is 5.35 Å². The van der Waals surface area contributed by atoms with Gasteiger partial charge in [-0.3, -0.25) is 0 Å². The number of aromatic nitrogens is 1. The number of hydrogen-bond acceptors (Lipinski definition) is 3. The van der Waals surface area contributed by atoms with Gasteiger partial charge in [0.25, 0.3) is 5.35 Å². The first-order valence-corrected chi connectivity index (χ1v) is 4.11. The van der Waals surface area contributed by atoms with Crippen molar-refractivity contribution in [3.63, 3.8) is 0 Å². The number of nitrogens with two attached hydrogens (primary N) is 1. The average Bonchev–Trinajstić information content (AvgIpc) is 2.52. The van der Waals surface area contributed by atoms with Crippen LogP contribution in [0.2, 0.25) is 5.35 Å². The standard InChI is InChI=1S/C9H7ClN2O/c10-9-12-5-8(13-9)6-2-1-3-7(11)4-6/h1-5H,11H2. The fourth-order valence-electron chi connectivity index (χ4n) is 1.08. The van der Waals surface area contributed by atoms with E-state index in [1.165, 1.54) is 0 Å². The van der Waals surface area contributed by atoms with E-state index < -0.39 is 0 Å². The highest BCUT2D eigenvalue weighted by Crippen LogP contribution is 2.23. The smallest absolute Gasteiger partial charge is 0.292 e. The summed E-state index contributed by atoms with van der Waals surface area (Å²) in [4.78, 5) is 3.78. The third-order valence-electron chi connectivity index (χ3n) is 1.65. The zero-order valence-electron chi connectivity index (χ0n) is 6.70. The third kappa shape index (κ3) is 1.65. The van der Waals surface area contributed by atoms with Crippen LogP contribution >= 0.6 is 11.6 Å². The van der Waals surface area contributed by atoms with Gasteiger partial charge in [-0.25, -0.2) is 4.98 Å². The molecule has 2 aromatic rings. The fraction of sp³-hybridized carbons (Fsp3) is 0. The molecule has 0 saturated carbocycles. The van der Waals surface area contributed by atoms with Crippen molar-refractivity contribution in [3.8, 4) is 11.3 Å². The Labute approximate surface area is 80.1 Å². The maximum absolute atomic E-state index is 5.61. The molecule has 0 atom stereocenters. The largest absolute Gasteiger partial charge is 0.428 e. The SMILES string of the molecule is Nc1cccc(-c2cnc(Cl)o2)c1. The van der Waals surface area contributed by atoms with Crippen LogP contribution in [0.4, 0.5) is 5.69 Å². The molecule has 0 amide bonds. The van der Waals surface area contributed by atoms with E-state index in [1.54, 1.807) is 12.3 Å². The highest BCUT2D eigenvalue weighted by molar-refractivity contribution is 6.27. The second kappa shape index (κ2) is 3.11. The molecular formula is C9H7ClN2O. The Morgan fingerprint density at radius 1 is 1.38 bits per heavy atom. The van der Waals surface area contributed by atoms with Crippen LogP contribution < -0.4 is 5.73 Å². The van der Waals surface area contributed by atoms with Crippen LogP contribution in [-0.4, -0.2) is 4.98 Å². The van der Waals surface area contributed by atoms with E-state index in [0.29, 0.717) is 11.4 Å². The molecule has 13 heavy (non-hydrogen) atoms. The summed E-state index contributed by atoms with van der Waals surface area (Å²) in [5.41, 5.74) is 7.17. The van der Waals surface area contributed by atoms with Gasteiger partial charge in [0.05, 0.1) is 6.20 Å². The lowest BCUT2D eigenvalue weighted by molar-refractivity contribution is 0.574. The van der Waals surface area contributed by atoms with Crippen molar-refractivity contribution in [1.29, 1.82) is 0 Å². The minimum Gasteiger partial charge on any atom is -0.428 e. The van der Waals surface area contributed by atoms with Gasteiger partial charge in [-0.15, -0.1) is 0 Å². The zero-order valence-corrected chi connectivity index (χ0v) is 7.45. The van der Waals surface area contributed by atoms with Gasteiger partial charge in [0, 0.05) is 11.3 Å². The van der Waals surface area contributed by atoms with Crippen LogP contribution in [0, 0.1) is 0 Å². The molecule has 3 nitrogen and oxygen atoms in total. The Morgan fingerprint density at radius 2 is 2.23 bits per heavy atom. The van der Waals surface area contributed by atoms with Crippen LogP contribution in [0.5, 0.6) is 0 Å². The highest BCUT2D eigenvalue weighted by atomic mass is 35.5. The summed E-state index contributed by atoms with van der Waals surface area (Å²) < 4.78 is 5.12. The summed E-state index contributed by atoms with van der Waals surface area (Å²) in [6.07, 6.45) is 1.57. The predicted octanol–water partition coefficient (Wildman–Crippen LogP) is 2.58.